The number of aromatic amines is 2. The predicted molar refractivity (Wildman–Crippen MR) is 137 cm³/mol. The summed E-state index contributed by atoms with van der Waals surface area (Å²) in [5.74, 6) is 0.136. The lowest BCUT2D eigenvalue weighted by atomic mass is 10.0. The lowest BCUT2D eigenvalue weighted by molar-refractivity contribution is 0.100. The van der Waals surface area contributed by atoms with Crippen molar-refractivity contribution >= 4 is 11.6 Å². The largest absolute Gasteiger partial charge is 0.361 e. The molecule has 0 fully saturated rings. The monoisotopic (exact) mass is 444 g/mol. The molecule has 0 amide bonds. The van der Waals surface area contributed by atoms with Crippen molar-refractivity contribution in [3.8, 4) is 44.8 Å². The minimum Gasteiger partial charge on any atom is -0.361 e. The average Bonchev–Trinajstić information content (AvgIpc) is 3.55. The molecule has 166 valence electrons. The Kier molecular flexibility index (Phi) is 5.56. The standard InChI is InChI=1S/C30H24N2O2/c1-19(33)21-6-10-23(11-7-21)27-15-29(31-17-27)25-4-3-5-26(14-25)30-16-28(18-32-30)24-12-8-22(9-13-24)20(2)34/h3-18,31-32H,1-2H3. The van der Waals surface area contributed by atoms with Gasteiger partial charge in [0.1, 0.15) is 0 Å². The van der Waals surface area contributed by atoms with E-state index in [4.69, 9.17) is 0 Å². The van der Waals surface area contributed by atoms with E-state index in [-0.39, 0.29) is 11.6 Å². The minimum atomic E-state index is 0.0682. The highest BCUT2D eigenvalue weighted by molar-refractivity contribution is 5.95. The van der Waals surface area contributed by atoms with Crippen molar-refractivity contribution in [1.29, 1.82) is 0 Å². The number of H-pyrrole nitrogens is 2. The molecule has 0 radical (unpaired) electrons. The van der Waals surface area contributed by atoms with E-state index in [9.17, 15) is 9.59 Å². The first-order valence-electron chi connectivity index (χ1n) is 11.2. The van der Waals surface area contributed by atoms with E-state index in [1.54, 1.807) is 13.8 Å². The summed E-state index contributed by atoms with van der Waals surface area (Å²) in [4.78, 5) is 29.8. The summed E-state index contributed by atoms with van der Waals surface area (Å²) < 4.78 is 0. The van der Waals surface area contributed by atoms with Crippen LogP contribution in [0, 0.1) is 0 Å². The summed E-state index contributed by atoms with van der Waals surface area (Å²) in [6, 6.07) is 28.0. The molecule has 0 saturated heterocycles. The van der Waals surface area contributed by atoms with Crippen molar-refractivity contribution in [3.63, 3.8) is 0 Å². The van der Waals surface area contributed by atoms with E-state index in [0.29, 0.717) is 11.1 Å². The van der Waals surface area contributed by atoms with Gasteiger partial charge in [0.05, 0.1) is 0 Å². The fourth-order valence-electron chi connectivity index (χ4n) is 4.10. The van der Waals surface area contributed by atoms with Gasteiger partial charge in [0.2, 0.25) is 0 Å². The first-order valence-corrected chi connectivity index (χ1v) is 11.2. The van der Waals surface area contributed by atoms with Crippen molar-refractivity contribution < 1.29 is 9.59 Å². The Morgan fingerprint density at radius 2 is 0.912 bits per heavy atom. The van der Waals surface area contributed by atoms with Crippen LogP contribution in [0.15, 0.2) is 97.3 Å². The van der Waals surface area contributed by atoms with Crippen LogP contribution in [0.2, 0.25) is 0 Å². The zero-order valence-corrected chi connectivity index (χ0v) is 19.1. The second-order valence-corrected chi connectivity index (χ2v) is 8.45. The Balaban J connectivity index is 1.39. The number of benzene rings is 3. The molecule has 0 saturated carbocycles. The molecule has 34 heavy (non-hydrogen) atoms. The molecule has 0 atom stereocenters. The topological polar surface area (TPSA) is 65.7 Å². The molecule has 5 aromatic rings. The number of ketones is 2. The SMILES string of the molecule is CC(=O)c1ccc(-c2c[nH]c(-c3cccc(-c4cc(-c5ccc(C(C)=O)cc5)c[nH]4)c3)c2)cc1. The fraction of sp³-hybridized carbons (Fsp3) is 0.0667. The van der Waals surface area contributed by atoms with Crippen LogP contribution >= 0.6 is 0 Å². The molecule has 4 heteroatoms. The van der Waals surface area contributed by atoms with Gasteiger partial charge in [-0.25, -0.2) is 0 Å². The second-order valence-electron chi connectivity index (χ2n) is 8.45. The normalized spacial score (nSPS) is 10.9. The second kappa shape index (κ2) is 8.83. The zero-order chi connectivity index (χ0) is 23.7. The van der Waals surface area contributed by atoms with Crippen molar-refractivity contribution in [3.05, 3.63) is 108 Å². The minimum absolute atomic E-state index is 0.0682. The fourth-order valence-corrected chi connectivity index (χ4v) is 4.10. The molecule has 3 aromatic carbocycles. The van der Waals surface area contributed by atoms with E-state index in [1.807, 2.05) is 60.9 Å². The predicted octanol–water partition coefficient (Wildman–Crippen LogP) is 7.42. The van der Waals surface area contributed by atoms with Gasteiger partial charge in [0.15, 0.2) is 11.6 Å². The maximum Gasteiger partial charge on any atom is 0.159 e. The highest BCUT2D eigenvalue weighted by Crippen LogP contribution is 2.31. The Morgan fingerprint density at radius 3 is 1.29 bits per heavy atom. The van der Waals surface area contributed by atoms with Crippen molar-refractivity contribution in [2.75, 3.05) is 0 Å². The van der Waals surface area contributed by atoms with Crippen LogP contribution in [0.5, 0.6) is 0 Å². The van der Waals surface area contributed by atoms with Crippen molar-refractivity contribution in [2.24, 2.45) is 0 Å². The highest BCUT2D eigenvalue weighted by Gasteiger charge is 2.09. The number of carbonyl (C=O) groups is 2. The third-order valence-electron chi connectivity index (χ3n) is 6.10. The molecule has 4 nitrogen and oxygen atoms in total. The summed E-state index contributed by atoms with van der Waals surface area (Å²) in [5, 5.41) is 0. The van der Waals surface area contributed by atoms with E-state index in [1.165, 1.54) is 0 Å². The average molecular weight is 445 g/mol. The summed E-state index contributed by atoms with van der Waals surface area (Å²) in [5.41, 5.74) is 9.94. The number of carbonyl (C=O) groups excluding carboxylic acids is 2. The zero-order valence-electron chi connectivity index (χ0n) is 19.1. The molecule has 2 aromatic heterocycles. The molecule has 5 rings (SSSR count). The van der Waals surface area contributed by atoms with Gasteiger partial charge in [-0.3, -0.25) is 9.59 Å². The molecule has 0 bridgehead atoms. The van der Waals surface area contributed by atoms with Crippen LogP contribution in [-0.2, 0) is 0 Å². The molecule has 0 aliphatic heterocycles. The number of rotatable bonds is 6. The Morgan fingerprint density at radius 1 is 0.500 bits per heavy atom. The maximum absolute atomic E-state index is 11.5. The lowest BCUT2D eigenvalue weighted by Crippen LogP contribution is -1.90. The van der Waals surface area contributed by atoms with Gasteiger partial charge in [0.25, 0.3) is 0 Å². The molecular formula is C30H24N2O2. The highest BCUT2D eigenvalue weighted by atomic mass is 16.1. The molecule has 0 unspecified atom stereocenters. The Labute approximate surface area is 198 Å². The molecule has 0 aliphatic carbocycles. The van der Waals surface area contributed by atoms with E-state index in [2.05, 4.69) is 46.4 Å². The Bertz CT molecular complexity index is 1370. The van der Waals surface area contributed by atoms with Crippen LogP contribution in [0.1, 0.15) is 34.6 Å². The van der Waals surface area contributed by atoms with Gasteiger partial charge >= 0.3 is 0 Å². The first-order chi connectivity index (χ1) is 16.5. The summed E-state index contributed by atoms with van der Waals surface area (Å²) in [7, 11) is 0. The third kappa shape index (κ3) is 4.26. The lowest BCUT2D eigenvalue weighted by Gasteiger charge is -2.03. The molecule has 2 heterocycles. The van der Waals surface area contributed by atoms with Crippen LogP contribution in [0.3, 0.4) is 0 Å². The molecule has 0 spiro atoms. The van der Waals surface area contributed by atoms with Gasteiger partial charge < -0.3 is 9.97 Å². The number of aromatic nitrogens is 2. The van der Waals surface area contributed by atoms with Crippen LogP contribution in [-0.4, -0.2) is 21.5 Å². The summed E-state index contributed by atoms with van der Waals surface area (Å²) >= 11 is 0. The Hall–Kier alpha value is -4.44. The van der Waals surface area contributed by atoms with Gasteiger partial charge in [-0.15, -0.1) is 0 Å². The third-order valence-corrected chi connectivity index (χ3v) is 6.10. The maximum atomic E-state index is 11.5. The molecule has 2 N–H and O–H groups in total. The number of hydrogen-bond acceptors (Lipinski definition) is 2. The van der Waals surface area contributed by atoms with Gasteiger partial charge in [0, 0.05) is 34.9 Å². The van der Waals surface area contributed by atoms with Crippen LogP contribution in [0.4, 0.5) is 0 Å². The first kappa shape index (κ1) is 21.4. The molecule has 0 aliphatic rings. The van der Waals surface area contributed by atoms with E-state index < -0.39 is 0 Å². The van der Waals surface area contributed by atoms with Crippen molar-refractivity contribution in [1.82, 2.24) is 9.97 Å². The number of nitrogens with one attached hydrogen (secondary N) is 2. The van der Waals surface area contributed by atoms with E-state index in [0.717, 1.165) is 44.8 Å². The van der Waals surface area contributed by atoms with Gasteiger partial charge in [-0.1, -0.05) is 66.7 Å². The smallest absolute Gasteiger partial charge is 0.159 e. The van der Waals surface area contributed by atoms with Crippen LogP contribution in [0.25, 0.3) is 44.8 Å². The van der Waals surface area contributed by atoms with Crippen LogP contribution < -0.4 is 0 Å². The van der Waals surface area contributed by atoms with Gasteiger partial charge in [-0.05, 0) is 65.4 Å². The van der Waals surface area contributed by atoms with E-state index >= 15 is 0 Å². The number of hydrogen-bond donors (Lipinski definition) is 2. The number of Topliss-reactive ketones (excluding diaryl/α,β-unsaturated/α-hetero) is 2. The molecular weight excluding hydrogens is 420 g/mol. The quantitative estimate of drug-likeness (QED) is 0.268. The summed E-state index contributed by atoms with van der Waals surface area (Å²) in [6.45, 7) is 3.15. The van der Waals surface area contributed by atoms with Gasteiger partial charge in [-0.2, -0.15) is 0 Å². The summed E-state index contributed by atoms with van der Waals surface area (Å²) in [6.07, 6.45) is 3.98. The van der Waals surface area contributed by atoms with Crippen molar-refractivity contribution in [2.45, 2.75) is 13.8 Å².